The van der Waals surface area contributed by atoms with E-state index in [9.17, 15) is 13.2 Å². The van der Waals surface area contributed by atoms with Gasteiger partial charge in [0.15, 0.2) is 9.84 Å². The van der Waals surface area contributed by atoms with Crippen LogP contribution in [0, 0.1) is 0 Å². The van der Waals surface area contributed by atoms with E-state index in [0.29, 0.717) is 26.1 Å². The van der Waals surface area contributed by atoms with Crippen LogP contribution in [0.5, 0.6) is 5.75 Å². The van der Waals surface area contributed by atoms with Gasteiger partial charge in [-0.1, -0.05) is 12.1 Å². The number of hydrogen-bond acceptors (Lipinski definition) is 5. The molecule has 0 spiro atoms. The summed E-state index contributed by atoms with van der Waals surface area (Å²) in [5.74, 6) is 0.869. The number of nitrogens with zero attached hydrogens (tertiary/aromatic N) is 1. The van der Waals surface area contributed by atoms with Crippen LogP contribution in [-0.4, -0.2) is 64.3 Å². The smallest absolute Gasteiger partial charge is 0.318 e. The first-order valence-corrected chi connectivity index (χ1v) is 9.64. The van der Waals surface area contributed by atoms with Gasteiger partial charge < -0.3 is 19.7 Å². The summed E-state index contributed by atoms with van der Waals surface area (Å²) in [4.78, 5) is 14.1. The van der Waals surface area contributed by atoms with E-state index in [2.05, 4.69) is 5.32 Å². The Morgan fingerprint density at radius 1 is 1.38 bits per heavy atom. The summed E-state index contributed by atoms with van der Waals surface area (Å²) in [6.45, 7) is 1.07. The summed E-state index contributed by atoms with van der Waals surface area (Å²) in [5, 5.41) is 2.84. The summed E-state index contributed by atoms with van der Waals surface area (Å²) < 4.78 is 33.6. The van der Waals surface area contributed by atoms with Crippen LogP contribution in [0.2, 0.25) is 0 Å². The van der Waals surface area contributed by atoms with Crippen LogP contribution in [0.15, 0.2) is 24.3 Å². The lowest BCUT2D eigenvalue weighted by Gasteiger charge is -2.28. The van der Waals surface area contributed by atoms with E-state index >= 15 is 0 Å². The molecule has 1 saturated heterocycles. The number of hydrogen-bond donors (Lipinski definition) is 1. The number of carbonyl (C=O) groups excluding carboxylic acids is 1. The topological polar surface area (TPSA) is 84.9 Å². The predicted molar refractivity (Wildman–Crippen MR) is 90.9 cm³/mol. The van der Waals surface area contributed by atoms with Gasteiger partial charge in [-0.15, -0.1) is 0 Å². The molecule has 0 aromatic heterocycles. The minimum absolute atomic E-state index is 0.0172. The van der Waals surface area contributed by atoms with E-state index in [-0.39, 0.29) is 23.6 Å². The van der Waals surface area contributed by atoms with Crippen LogP contribution in [0.1, 0.15) is 12.0 Å². The van der Waals surface area contributed by atoms with E-state index in [1.165, 1.54) is 0 Å². The highest BCUT2D eigenvalue weighted by Gasteiger charge is 2.34. The molecule has 1 aliphatic heterocycles. The van der Waals surface area contributed by atoms with Crippen LogP contribution < -0.4 is 10.1 Å². The third-order valence-corrected chi connectivity index (χ3v) is 5.77. The van der Waals surface area contributed by atoms with E-state index in [0.717, 1.165) is 11.3 Å². The molecule has 1 atom stereocenters. The Morgan fingerprint density at radius 3 is 2.79 bits per heavy atom. The van der Waals surface area contributed by atoms with Crippen molar-refractivity contribution in [3.63, 3.8) is 0 Å². The number of amides is 2. The summed E-state index contributed by atoms with van der Waals surface area (Å²) in [6.07, 6.45) is 0.471. The summed E-state index contributed by atoms with van der Waals surface area (Å²) in [5.41, 5.74) is 0.911. The average molecular weight is 356 g/mol. The SMILES string of the molecule is COCCN(C(=O)NCc1cccc(OC)c1)C1CCS(=O)(=O)C1. The second kappa shape index (κ2) is 8.34. The highest BCUT2D eigenvalue weighted by Crippen LogP contribution is 2.18. The van der Waals surface area contributed by atoms with Crippen molar-refractivity contribution in [3.05, 3.63) is 29.8 Å². The molecule has 8 heteroatoms. The number of methoxy groups -OCH3 is 2. The first-order valence-electron chi connectivity index (χ1n) is 7.82. The lowest BCUT2D eigenvalue weighted by molar-refractivity contribution is 0.133. The number of nitrogens with one attached hydrogen (secondary N) is 1. The Bertz CT molecular complexity index is 662. The van der Waals surface area contributed by atoms with Gasteiger partial charge in [0.05, 0.1) is 25.2 Å². The quantitative estimate of drug-likeness (QED) is 0.789. The van der Waals surface area contributed by atoms with E-state index in [4.69, 9.17) is 9.47 Å². The maximum atomic E-state index is 12.5. The van der Waals surface area contributed by atoms with E-state index < -0.39 is 9.84 Å². The Kier molecular flexibility index (Phi) is 6.44. The van der Waals surface area contributed by atoms with Gasteiger partial charge in [0, 0.05) is 26.2 Å². The largest absolute Gasteiger partial charge is 0.497 e. The van der Waals surface area contributed by atoms with Gasteiger partial charge in [-0.25, -0.2) is 13.2 Å². The first-order chi connectivity index (χ1) is 11.4. The fraction of sp³-hybridized carbons (Fsp3) is 0.562. The molecule has 0 aliphatic carbocycles. The molecule has 2 amide bonds. The summed E-state index contributed by atoms with van der Waals surface area (Å²) in [6, 6.07) is 6.85. The molecule has 1 N–H and O–H groups in total. The zero-order valence-electron chi connectivity index (χ0n) is 14.0. The lowest BCUT2D eigenvalue weighted by Crippen LogP contribution is -2.48. The molecule has 2 rings (SSSR count). The van der Waals surface area contributed by atoms with Gasteiger partial charge in [-0.3, -0.25) is 0 Å². The lowest BCUT2D eigenvalue weighted by atomic mass is 10.2. The Morgan fingerprint density at radius 2 is 2.17 bits per heavy atom. The fourth-order valence-corrected chi connectivity index (χ4v) is 4.45. The molecule has 1 aromatic carbocycles. The van der Waals surface area contributed by atoms with Crippen molar-refractivity contribution in [1.29, 1.82) is 0 Å². The van der Waals surface area contributed by atoms with Gasteiger partial charge in [-0.05, 0) is 24.1 Å². The molecule has 0 bridgehead atoms. The molecular formula is C16H24N2O5S. The second-order valence-corrected chi connectivity index (χ2v) is 7.98. The minimum atomic E-state index is -3.05. The number of urea groups is 1. The average Bonchev–Trinajstić information content (AvgIpc) is 2.93. The number of sulfone groups is 1. The third kappa shape index (κ3) is 5.10. The van der Waals surface area contributed by atoms with Gasteiger partial charge in [0.2, 0.25) is 0 Å². The van der Waals surface area contributed by atoms with Crippen LogP contribution >= 0.6 is 0 Å². The van der Waals surface area contributed by atoms with Crippen molar-refractivity contribution in [2.75, 3.05) is 38.9 Å². The summed E-state index contributed by atoms with van der Waals surface area (Å²) >= 11 is 0. The molecule has 1 heterocycles. The van der Waals surface area contributed by atoms with Crippen molar-refractivity contribution >= 4 is 15.9 Å². The highest BCUT2D eigenvalue weighted by atomic mass is 32.2. The van der Waals surface area contributed by atoms with Crippen molar-refractivity contribution in [1.82, 2.24) is 10.2 Å². The zero-order valence-corrected chi connectivity index (χ0v) is 14.8. The maximum absolute atomic E-state index is 12.5. The molecular weight excluding hydrogens is 332 g/mol. The molecule has 1 fully saturated rings. The number of rotatable bonds is 7. The monoisotopic (exact) mass is 356 g/mol. The molecule has 0 radical (unpaired) electrons. The zero-order chi connectivity index (χ0) is 17.6. The van der Waals surface area contributed by atoms with Crippen molar-refractivity contribution < 1.29 is 22.7 Å². The normalized spacial score (nSPS) is 19.0. The standard InChI is InChI=1S/C16H24N2O5S/c1-22-8-7-18(14-6-9-24(20,21)12-14)16(19)17-11-13-4-3-5-15(10-13)23-2/h3-5,10,14H,6-9,11-12H2,1-2H3,(H,17,19). The van der Waals surface area contributed by atoms with Crippen LogP contribution in [-0.2, 0) is 21.1 Å². The van der Waals surface area contributed by atoms with E-state index in [1.807, 2.05) is 24.3 Å². The fourth-order valence-electron chi connectivity index (χ4n) is 2.72. The van der Waals surface area contributed by atoms with E-state index in [1.54, 1.807) is 19.1 Å². The Hall–Kier alpha value is -1.80. The van der Waals surface area contributed by atoms with Crippen LogP contribution in [0.25, 0.3) is 0 Å². The van der Waals surface area contributed by atoms with Gasteiger partial charge in [0.25, 0.3) is 0 Å². The number of ether oxygens (including phenoxy) is 2. The summed E-state index contributed by atoms with van der Waals surface area (Å²) in [7, 11) is 0.0871. The predicted octanol–water partition coefficient (Wildman–Crippen LogP) is 1.04. The molecule has 24 heavy (non-hydrogen) atoms. The van der Waals surface area contributed by atoms with Crippen molar-refractivity contribution in [2.24, 2.45) is 0 Å². The second-order valence-electron chi connectivity index (χ2n) is 5.75. The van der Waals surface area contributed by atoms with Gasteiger partial charge in [0.1, 0.15) is 5.75 Å². The van der Waals surface area contributed by atoms with Gasteiger partial charge in [-0.2, -0.15) is 0 Å². The number of carbonyl (C=O) groups is 1. The molecule has 1 unspecified atom stereocenters. The molecule has 1 aliphatic rings. The number of benzene rings is 1. The minimum Gasteiger partial charge on any atom is -0.497 e. The Balaban J connectivity index is 1.99. The molecule has 1 aromatic rings. The maximum Gasteiger partial charge on any atom is 0.318 e. The van der Waals surface area contributed by atoms with Crippen molar-refractivity contribution in [3.8, 4) is 5.75 Å². The van der Waals surface area contributed by atoms with Crippen LogP contribution in [0.4, 0.5) is 4.79 Å². The van der Waals surface area contributed by atoms with Crippen molar-refractivity contribution in [2.45, 2.75) is 19.0 Å². The van der Waals surface area contributed by atoms with Crippen LogP contribution in [0.3, 0.4) is 0 Å². The molecule has 134 valence electrons. The van der Waals surface area contributed by atoms with Gasteiger partial charge >= 0.3 is 6.03 Å². The first kappa shape index (κ1) is 18.5. The highest BCUT2D eigenvalue weighted by molar-refractivity contribution is 7.91. The Labute approximate surface area is 142 Å². The molecule has 7 nitrogen and oxygen atoms in total. The third-order valence-electron chi connectivity index (χ3n) is 4.02. The molecule has 0 saturated carbocycles.